The van der Waals surface area contributed by atoms with Crippen LogP contribution in [0.4, 0.5) is 0 Å². The number of halogens is 1. The lowest BCUT2D eigenvalue weighted by Crippen LogP contribution is -2.37. The molecule has 0 N–H and O–H groups in total. The molecule has 142 valence electrons. The molecule has 0 saturated carbocycles. The Morgan fingerprint density at radius 3 is 2.36 bits per heavy atom. The molecule has 2 aromatic heterocycles. The molecule has 0 aliphatic heterocycles. The maximum atomic E-state index is 13.0. The zero-order valence-electron chi connectivity index (χ0n) is 15.5. The van der Waals surface area contributed by atoms with Crippen molar-refractivity contribution in [2.45, 2.75) is 0 Å². The van der Waals surface area contributed by atoms with Gasteiger partial charge in [0.1, 0.15) is 11.6 Å². The van der Waals surface area contributed by atoms with Gasteiger partial charge >= 0.3 is 5.69 Å². The fourth-order valence-electron chi connectivity index (χ4n) is 3.22. The monoisotopic (exact) mass is 396 g/mol. The van der Waals surface area contributed by atoms with Gasteiger partial charge in [-0.25, -0.2) is 9.78 Å². The molecular formula is C20H17ClN4O3. The minimum Gasteiger partial charge on any atom is -0.495 e. The lowest BCUT2D eigenvalue weighted by molar-refractivity contribution is 0.415. The average molecular weight is 397 g/mol. The van der Waals surface area contributed by atoms with E-state index < -0.39 is 11.2 Å². The minimum atomic E-state index is -0.436. The number of rotatable bonds is 3. The van der Waals surface area contributed by atoms with Crippen LogP contribution < -0.4 is 16.0 Å². The molecule has 0 aliphatic rings. The smallest absolute Gasteiger partial charge is 0.332 e. The van der Waals surface area contributed by atoms with Gasteiger partial charge in [-0.05, 0) is 18.2 Å². The first kappa shape index (κ1) is 18.1. The van der Waals surface area contributed by atoms with Gasteiger partial charge in [0.2, 0.25) is 0 Å². The summed E-state index contributed by atoms with van der Waals surface area (Å²) in [4.78, 5) is 30.0. The number of fused-ring (bicyclic) bond motifs is 1. The van der Waals surface area contributed by atoms with Crippen LogP contribution in [0.15, 0.2) is 58.1 Å². The predicted molar refractivity (Wildman–Crippen MR) is 109 cm³/mol. The maximum absolute atomic E-state index is 13.0. The molecule has 8 heteroatoms. The molecule has 0 amide bonds. The van der Waals surface area contributed by atoms with Crippen molar-refractivity contribution in [3.05, 3.63) is 74.4 Å². The third-order valence-corrected chi connectivity index (χ3v) is 4.98. The molecule has 4 rings (SSSR count). The molecule has 0 spiro atoms. The van der Waals surface area contributed by atoms with Gasteiger partial charge in [-0.3, -0.25) is 18.5 Å². The van der Waals surface area contributed by atoms with E-state index in [1.807, 2.05) is 30.3 Å². The molecule has 2 heterocycles. The summed E-state index contributed by atoms with van der Waals surface area (Å²) in [5, 5.41) is 0.405. The van der Waals surface area contributed by atoms with Crippen molar-refractivity contribution < 1.29 is 4.74 Å². The summed E-state index contributed by atoms with van der Waals surface area (Å²) in [5.74, 6) is 1.06. The first-order chi connectivity index (χ1) is 13.4. The number of ether oxygens (including phenoxy) is 1. The standard InChI is InChI=1S/C20H17ClN4O3/c1-23-18-16(19(26)24(2)20(23)27)25(13-9-10-15(28-3)14(21)11-13)17(22-18)12-7-5-4-6-8-12/h4-11H,1-3H3. The number of hydrogen-bond donors (Lipinski definition) is 0. The number of aryl methyl sites for hydroxylation is 1. The molecule has 0 radical (unpaired) electrons. The van der Waals surface area contributed by atoms with Crippen LogP contribution in [0.5, 0.6) is 5.75 Å². The van der Waals surface area contributed by atoms with Crippen LogP contribution in [-0.2, 0) is 14.1 Å². The quantitative estimate of drug-likeness (QED) is 0.534. The number of benzene rings is 2. The van der Waals surface area contributed by atoms with Gasteiger partial charge in [-0.1, -0.05) is 41.9 Å². The van der Waals surface area contributed by atoms with Gasteiger partial charge in [0.05, 0.1) is 12.1 Å². The van der Waals surface area contributed by atoms with E-state index in [4.69, 9.17) is 16.3 Å². The lowest BCUT2D eigenvalue weighted by atomic mass is 10.2. The van der Waals surface area contributed by atoms with Crippen molar-refractivity contribution in [3.63, 3.8) is 0 Å². The number of hydrogen-bond acceptors (Lipinski definition) is 4. The highest BCUT2D eigenvalue weighted by atomic mass is 35.5. The molecule has 0 unspecified atom stereocenters. The number of methoxy groups -OCH3 is 1. The topological polar surface area (TPSA) is 71.1 Å². The Balaban J connectivity index is 2.18. The molecule has 0 aliphatic carbocycles. The van der Waals surface area contributed by atoms with Crippen molar-refractivity contribution in [1.29, 1.82) is 0 Å². The molecule has 0 saturated heterocycles. The number of aromatic nitrogens is 4. The van der Waals surface area contributed by atoms with Crippen molar-refractivity contribution >= 4 is 22.8 Å². The van der Waals surface area contributed by atoms with Crippen LogP contribution in [-0.4, -0.2) is 25.8 Å². The van der Waals surface area contributed by atoms with E-state index in [1.165, 1.54) is 18.7 Å². The van der Waals surface area contributed by atoms with Crippen LogP contribution in [0.1, 0.15) is 0 Å². The van der Waals surface area contributed by atoms with E-state index in [1.54, 1.807) is 29.8 Å². The van der Waals surface area contributed by atoms with Crippen LogP contribution in [0, 0.1) is 0 Å². The molecule has 4 aromatic rings. The summed E-state index contributed by atoms with van der Waals surface area (Å²) in [6.07, 6.45) is 0. The Morgan fingerprint density at radius 1 is 1.00 bits per heavy atom. The van der Waals surface area contributed by atoms with Crippen LogP contribution in [0.25, 0.3) is 28.2 Å². The lowest BCUT2D eigenvalue weighted by Gasteiger charge is -2.12. The highest BCUT2D eigenvalue weighted by molar-refractivity contribution is 6.32. The SMILES string of the molecule is COc1ccc(-n2c(-c3ccccc3)nc3c2c(=O)n(C)c(=O)n3C)cc1Cl. The fourth-order valence-corrected chi connectivity index (χ4v) is 3.47. The van der Waals surface area contributed by atoms with E-state index >= 15 is 0 Å². The van der Waals surface area contributed by atoms with E-state index in [0.29, 0.717) is 33.4 Å². The van der Waals surface area contributed by atoms with Gasteiger partial charge < -0.3 is 4.74 Å². The van der Waals surface area contributed by atoms with Crippen molar-refractivity contribution in [2.24, 2.45) is 14.1 Å². The third-order valence-electron chi connectivity index (χ3n) is 4.68. The van der Waals surface area contributed by atoms with Crippen molar-refractivity contribution in [1.82, 2.24) is 18.7 Å². The van der Waals surface area contributed by atoms with Crippen LogP contribution >= 0.6 is 11.6 Å². The highest BCUT2D eigenvalue weighted by Gasteiger charge is 2.21. The summed E-state index contributed by atoms with van der Waals surface area (Å²) in [7, 11) is 4.58. The normalized spacial score (nSPS) is 11.1. The van der Waals surface area contributed by atoms with Gasteiger partial charge in [0.25, 0.3) is 5.56 Å². The predicted octanol–water partition coefficient (Wildman–Crippen LogP) is 2.75. The van der Waals surface area contributed by atoms with Gasteiger partial charge in [0, 0.05) is 25.3 Å². The molecular weight excluding hydrogens is 380 g/mol. The zero-order chi connectivity index (χ0) is 20.0. The summed E-state index contributed by atoms with van der Waals surface area (Å²) in [6, 6.07) is 14.7. The fraction of sp³-hybridized carbons (Fsp3) is 0.150. The Labute approximate surface area is 165 Å². The van der Waals surface area contributed by atoms with E-state index in [9.17, 15) is 9.59 Å². The second kappa shape index (κ2) is 6.69. The Hall–Kier alpha value is -3.32. The van der Waals surface area contributed by atoms with E-state index in [0.717, 1.165) is 10.1 Å². The van der Waals surface area contributed by atoms with E-state index in [-0.39, 0.29) is 0 Å². The van der Waals surface area contributed by atoms with E-state index in [2.05, 4.69) is 4.98 Å². The maximum Gasteiger partial charge on any atom is 0.332 e. The second-order valence-electron chi connectivity index (χ2n) is 6.33. The molecule has 28 heavy (non-hydrogen) atoms. The first-order valence-electron chi connectivity index (χ1n) is 8.52. The van der Waals surface area contributed by atoms with Crippen LogP contribution in [0.2, 0.25) is 5.02 Å². The molecule has 0 bridgehead atoms. The molecule has 2 aromatic carbocycles. The largest absolute Gasteiger partial charge is 0.495 e. The summed E-state index contributed by atoms with van der Waals surface area (Å²) >= 11 is 6.33. The summed E-state index contributed by atoms with van der Waals surface area (Å²) < 4.78 is 9.38. The number of imidazole rings is 1. The number of nitrogens with zero attached hydrogens (tertiary/aromatic N) is 4. The van der Waals surface area contributed by atoms with Gasteiger partial charge in [-0.15, -0.1) is 0 Å². The first-order valence-corrected chi connectivity index (χ1v) is 8.89. The third kappa shape index (κ3) is 2.63. The Kier molecular flexibility index (Phi) is 4.31. The Bertz CT molecular complexity index is 1320. The van der Waals surface area contributed by atoms with Gasteiger partial charge in [0.15, 0.2) is 11.2 Å². The molecule has 7 nitrogen and oxygen atoms in total. The average Bonchev–Trinajstić information content (AvgIpc) is 3.12. The zero-order valence-corrected chi connectivity index (χ0v) is 16.3. The van der Waals surface area contributed by atoms with Crippen LogP contribution in [0.3, 0.4) is 0 Å². The summed E-state index contributed by atoms with van der Waals surface area (Å²) in [5.41, 5.74) is 1.18. The Morgan fingerprint density at radius 2 is 1.71 bits per heavy atom. The summed E-state index contributed by atoms with van der Waals surface area (Å²) in [6.45, 7) is 0. The van der Waals surface area contributed by atoms with Crippen molar-refractivity contribution in [3.8, 4) is 22.8 Å². The minimum absolute atomic E-state index is 0.296. The second-order valence-corrected chi connectivity index (χ2v) is 6.74. The molecule has 0 atom stereocenters. The molecule has 0 fully saturated rings. The highest BCUT2D eigenvalue weighted by Crippen LogP contribution is 2.31. The van der Waals surface area contributed by atoms with Crippen molar-refractivity contribution in [2.75, 3.05) is 7.11 Å². The van der Waals surface area contributed by atoms with Gasteiger partial charge in [-0.2, -0.15) is 0 Å².